The van der Waals surface area contributed by atoms with Crippen molar-refractivity contribution in [3.63, 3.8) is 0 Å². The van der Waals surface area contributed by atoms with Crippen LogP contribution in [-0.4, -0.2) is 20.1 Å². The van der Waals surface area contributed by atoms with Gasteiger partial charge in [-0.05, 0) is 69.3 Å². The van der Waals surface area contributed by atoms with E-state index >= 15 is 0 Å². The van der Waals surface area contributed by atoms with Gasteiger partial charge in [0.25, 0.3) is 0 Å². The summed E-state index contributed by atoms with van der Waals surface area (Å²) in [6.45, 7) is 4.38. The third kappa shape index (κ3) is 3.76. The molecular formula is C18H29FN2. The molecule has 118 valence electrons. The summed E-state index contributed by atoms with van der Waals surface area (Å²) in [7, 11) is 4.09. The van der Waals surface area contributed by atoms with Crippen molar-refractivity contribution in [3.05, 3.63) is 29.6 Å². The number of rotatable bonds is 5. The average Bonchev–Trinajstić information content (AvgIpc) is 2.53. The molecule has 0 spiro atoms. The Balaban J connectivity index is 2.17. The molecule has 1 aromatic rings. The molecule has 0 saturated heterocycles. The highest BCUT2D eigenvalue weighted by atomic mass is 19.1. The van der Waals surface area contributed by atoms with Crippen molar-refractivity contribution in [1.29, 1.82) is 0 Å². The molecule has 1 N–H and O–H groups in total. The average molecular weight is 292 g/mol. The molecule has 0 aromatic heterocycles. The molecule has 0 aliphatic heterocycles. The van der Waals surface area contributed by atoms with Crippen LogP contribution in [0.5, 0.6) is 0 Å². The summed E-state index contributed by atoms with van der Waals surface area (Å²) in [5.41, 5.74) is 2.22. The van der Waals surface area contributed by atoms with Gasteiger partial charge in [-0.15, -0.1) is 0 Å². The SMILES string of the molecule is CCC1CCC(N(C)c2ccc(F)cc2C(C)NC)CC1. The van der Waals surface area contributed by atoms with E-state index in [1.165, 1.54) is 32.1 Å². The number of nitrogens with one attached hydrogen (secondary N) is 1. The summed E-state index contributed by atoms with van der Waals surface area (Å²) >= 11 is 0. The van der Waals surface area contributed by atoms with Gasteiger partial charge in [0, 0.05) is 24.8 Å². The van der Waals surface area contributed by atoms with Crippen LogP contribution in [0.15, 0.2) is 18.2 Å². The van der Waals surface area contributed by atoms with E-state index < -0.39 is 0 Å². The highest BCUT2D eigenvalue weighted by molar-refractivity contribution is 5.55. The number of benzene rings is 1. The minimum atomic E-state index is -0.154. The standard InChI is InChI=1S/C18H29FN2/c1-5-14-6-9-16(10-7-14)21(4)18-11-8-15(19)12-17(18)13(2)20-3/h8,11-14,16,20H,5-7,9-10H2,1-4H3. The monoisotopic (exact) mass is 292 g/mol. The molecule has 0 bridgehead atoms. The number of nitrogens with zero attached hydrogens (tertiary/aromatic N) is 1. The predicted molar refractivity (Wildman–Crippen MR) is 88.3 cm³/mol. The van der Waals surface area contributed by atoms with E-state index in [2.05, 4.69) is 31.1 Å². The van der Waals surface area contributed by atoms with E-state index in [0.717, 1.165) is 17.2 Å². The van der Waals surface area contributed by atoms with Crippen LogP contribution in [-0.2, 0) is 0 Å². The van der Waals surface area contributed by atoms with Crippen molar-refractivity contribution in [2.45, 2.75) is 58.0 Å². The fraction of sp³-hybridized carbons (Fsp3) is 0.667. The largest absolute Gasteiger partial charge is 0.371 e. The fourth-order valence-electron chi connectivity index (χ4n) is 3.49. The summed E-state index contributed by atoms with van der Waals surface area (Å²) in [6.07, 6.45) is 6.45. The van der Waals surface area contributed by atoms with Gasteiger partial charge in [0.2, 0.25) is 0 Å². The molecular weight excluding hydrogens is 263 g/mol. The number of halogens is 1. The number of hydrogen-bond donors (Lipinski definition) is 1. The van der Waals surface area contributed by atoms with Crippen LogP contribution in [0, 0.1) is 11.7 Å². The summed E-state index contributed by atoms with van der Waals surface area (Å²) in [6, 6.07) is 5.93. The summed E-state index contributed by atoms with van der Waals surface area (Å²) < 4.78 is 13.6. The first-order chi connectivity index (χ1) is 10.1. The molecule has 0 amide bonds. The summed E-state index contributed by atoms with van der Waals surface area (Å²) in [5.74, 6) is 0.748. The third-order valence-electron chi connectivity index (χ3n) is 5.21. The van der Waals surface area contributed by atoms with Crippen LogP contribution < -0.4 is 10.2 Å². The van der Waals surface area contributed by atoms with Gasteiger partial charge in [0.05, 0.1) is 0 Å². The van der Waals surface area contributed by atoms with Gasteiger partial charge in [-0.1, -0.05) is 13.3 Å². The fourth-order valence-corrected chi connectivity index (χ4v) is 3.49. The maximum atomic E-state index is 13.6. The first-order valence-corrected chi connectivity index (χ1v) is 8.26. The van der Waals surface area contributed by atoms with Gasteiger partial charge < -0.3 is 10.2 Å². The second-order valence-corrected chi connectivity index (χ2v) is 6.41. The van der Waals surface area contributed by atoms with Crippen molar-refractivity contribution in [2.24, 2.45) is 5.92 Å². The molecule has 2 rings (SSSR count). The molecule has 1 fully saturated rings. The van der Waals surface area contributed by atoms with E-state index in [4.69, 9.17) is 0 Å². The zero-order valence-corrected chi connectivity index (χ0v) is 13.8. The van der Waals surface area contributed by atoms with Gasteiger partial charge in [-0.3, -0.25) is 0 Å². The molecule has 1 saturated carbocycles. The van der Waals surface area contributed by atoms with Crippen LogP contribution >= 0.6 is 0 Å². The Morgan fingerprint density at radius 3 is 2.52 bits per heavy atom. The molecule has 21 heavy (non-hydrogen) atoms. The second kappa shape index (κ2) is 7.26. The maximum absolute atomic E-state index is 13.6. The Kier molecular flexibility index (Phi) is 5.63. The molecule has 1 aromatic carbocycles. The molecule has 1 aliphatic rings. The molecule has 0 heterocycles. The molecule has 2 nitrogen and oxygen atoms in total. The Morgan fingerprint density at radius 2 is 1.95 bits per heavy atom. The predicted octanol–water partition coefficient (Wildman–Crippen LogP) is 4.51. The second-order valence-electron chi connectivity index (χ2n) is 6.41. The van der Waals surface area contributed by atoms with E-state index in [9.17, 15) is 4.39 Å². The Labute approximate surface area is 128 Å². The Hall–Kier alpha value is -1.09. The zero-order chi connectivity index (χ0) is 15.4. The van der Waals surface area contributed by atoms with Crippen molar-refractivity contribution < 1.29 is 4.39 Å². The third-order valence-corrected chi connectivity index (χ3v) is 5.21. The molecule has 1 aliphatic carbocycles. The first kappa shape index (κ1) is 16.3. The molecule has 1 atom stereocenters. The van der Waals surface area contributed by atoms with Crippen LogP contribution in [0.4, 0.5) is 10.1 Å². The zero-order valence-electron chi connectivity index (χ0n) is 13.8. The Morgan fingerprint density at radius 1 is 1.29 bits per heavy atom. The van der Waals surface area contributed by atoms with Crippen LogP contribution in [0.1, 0.15) is 57.6 Å². The van der Waals surface area contributed by atoms with Gasteiger partial charge in [0.15, 0.2) is 0 Å². The van der Waals surface area contributed by atoms with Crippen LogP contribution in [0.25, 0.3) is 0 Å². The normalized spacial score (nSPS) is 23.9. The highest BCUT2D eigenvalue weighted by Crippen LogP contribution is 2.34. The van der Waals surface area contributed by atoms with Crippen molar-refractivity contribution in [2.75, 3.05) is 19.0 Å². The van der Waals surface area contributed by atoms with E-state index in [0.29, 0.717) is 6.04 Å². The smallest absolute Gasteiger partial charge is 0.123 e. The number of hydrogen-bond acceptors (Lipinski definition) is 2. The van der Waals surface area contributed by atoms with Crippen molar-refractivity contribution >= 4 is 5.69 Å². The lowest BCUT2D eigenvalue weighted by Crippen LogP contribution is -2.36. The molecule has 3 heteroatoms. The lowest BCUT2D eigenvalue weighted by molar-refractivity contribution is 0.313. The summed E-state index contributed by atoms with van der Waals surface area (Å²) in [4.78, 5) is 2.37. The topological polar surface area (TPSA) is 15.3 Å². The highest BCUT2D eigenvalue weighted by Gasteiger charge is 2.25. The van der Waals surface area contributed by atoms with Crippen molar-refractivity contribution in [3.8, 4) is 0 Å². The number of anilines is 1. The summed E-state index contributed by atoms with van der Waals surface area (Å²) in [5, 5.41) is 3.23. The quantitative estimate of drug-likeness (QED) is 0.859. The van der Waals surface area contributed by atoms with Crippen LogP contribution in [0.2, 0.25) is 0 Å². The minimum Gasteiger partial charge on any atom is -0.371 e. The lowest BCUT2D eigenvalue weighted by Gasteiger charge is -2.37. The minimum absolute atomic E-state index is 0.154. The van der Waals surface area contributed by atoms with Crippen LogP contribution in [0.3, 0.4) is 0 Å². The first-order valence-electron chi connectivity index (χ1n) is 8.26. The lowest BCUT2D eigenvalue weighted by atomic mass is 9.83. The van der Waals surface area contributed by atoms with Gasteiger partial charge in [-0.2, -0.15) is 0 Å². The van der Waals surface area contributed by atoms with Gasteiger partial charge in [-0.25, -0.2) is 4.39 Å². The maximum Gasteiger partial charge on any atom is 0.123 e. The van der Waals surface area contributed by atoms with Crippen molar-refractivity contribution in [1.82, 2.24) is 5.32 Å². The van der Waals surface area contributed by atoms with E-state index in [1.807, 2.05) is 13.1 Å². The van der Waals surface area contributed by atoms with Gasteiger partial charge >= 0.3 is 0 Å². The Bertz CT molecular complexity index is 453. The molecule has 1 unspecified atom stereocenters. The molecule has 0 radical (unpaired) electrons. The van der Waals surface area contributed by atoms with E-state index in [1.54, 1.807) is 12.1 Å². The van der Waals surface area contributed by atoms with E-state index in [-0.39, 0.29) is 11.9 Å². The van der Waals surface area contributed by atoms with Gasteiger partial charge in [0.1, 0.15) is 5.82 Å².